The van der Waals surface area contributed by atoms with Crippen LogP contribution in [0.2, 0.25) is 0 Å². The van der Waals surface area contributed by atoms with Crippen LogP contribution in [0.1, 0.15) is 49.9 Å². The zero-order chi connectivity index (χ0) is 14.7. The Morgan fingerprint density at radius 2 is 1.09 bits per heavy atom. The van der Waals surface area contributed by atoms with Crippen LogP contribution < -0.4 is 17.0 Å². The Labute approximate surface area is 145 Å². The zero-order valence-corrected chi connectivity index (χ0v) is 15.2. The van der Waals surface area contributed by atoms with E-state index in [4.69, 9.17) is 0 Å². The van der Waals surface area contributed by atoms with Crippen LogP contribution in [0.3, 0.4) is 0 Å². The predicted molar refractivity (Wildman–Crippen MR) is 88.9 cm³/mol. The van der Waals surface area contributed by atoms with E-state index < -0.39 is 0 Å². The molecule has 2 aromatic carbocycles. The molecule has 1 aliphatic heterocycles. The third-order valence-electron chi connectivity index (χ3n) is 5.50. The Bertz CT molecular complexity index is 513. The van der Waals surface area contributed by atoms with Gasteiger partial charge in [-0.3, -0.25) is 0 Å². The van der Waals surface area contributed by atoms with Crippen molar-refractivity contribution >= 4 is 0 Å². The molecular formula is C20H26BrN. The van der Waals surface area contributed by atoms with E-state index in [-0.39, 0.29) is 17.0 Å². The number of benzene rings is 2. The van der Waals surface area contributed by atoms with Crippen molar-refractivity contribution in [3.05, 3.63) is 71.8 Å². The molecule has 1 nitrogen and oxygen atoms in total. The Kier molecular flexibility index (Phi) is 5.82. The number of hydrogen-bond acceptors (Lipinski definition) is 0. The fraction of sp³-hybridized carbons (Fsp3) is 0.400. The van der Waals surface area contributed by atoms with Gasteiger partial charge in [-0.25, -0.2) is 0 Å². The highest BCUT2D eigenvalue weighted by Gasteiger charge is 2.48. The topological polar surface area (TPSA) is 0 Å². The number of nitrogens with zero attached hydrogens (tertiary/aromatic N) is 1. The zero-order valence-electron chi connectivity index (χ0n) is 13.6. The highest BCUT2D eigenvalue weighted by atomic mass is 79.9. The summed E-state index contributed by atoms with van der Waals surface area (Å²) < 4.78 is 1.20. The van der Waals surface area contributed by atoms with Crippen LogP contribution in [0.5, 0.6) is 0 Å². The third kappa shape index (κ3) is 2.87. The molecule has 2 atom stereocenters. The lowest BCUT2D eigenvalue weighted by molar-refractivity contribution is -0.969. The van der Waals surface area contributed by atoms with E-state index in [0.717, 1.165) is 0 Å². The van der Waals surface area contributed by atoms with Gasteiger partial charge in [0.05, 0.1) is 13.1 Å². The lowest BCUT2D eigenvalue weighted by Crippen LogP contribution is -3.00. The van der Waals surface area contributed by atoms with Crippen molar-refractivity contribution in [2.24, 2.45) is 0 Å². The Hall–Kier alpha value is -1.12. The van der Waals surface area contributed by atoms with Crippen molar-refractivity contribution in [2.45, 2.75) is 38.8 Å². The molecule has 0 N–H and O–H groups in total. The second-order valence-electron chi connectivity index (χ2n) is 6.17. The van der Waals surface area contributed by atoms with Crippen LogP contribution >= 0.6 is 0 Å². The van der Waals surface area contributed by atoms with Gasteiger partial charge in [0.25, 0.3) is 0 Å². The van der Waals surface area contributed by atoms with E-state index >= 15 is 0 Å². The van der Waals surface area contributed by atoms with E-state index in [1.165, 1.54) is 41.5 Å². The number of hydrogen-bond donors (Lipinski definition) is 0. The fourth-order valence-corrected chi connectivity index (χ4v) is 4.43. The number of halogens is 1. The van der Waals surface area contributed by atoms with Crippen molar-refractivity contribution in [1.82, 2.24) is 0 Å². The summed E-state index contributed by atoms with van der Waals surface area (Å²) in [4.78, 5) is 0. The van der Waals surface area contributed by atoms with Crippen LogP contribution in [0.15, 0.2) is 60.7 Å². The minimum absolute atomic E-state index is 0. The summed E-state index contributed by atoms with van der Waals surface area (Å²) in [6.07, 6.45) is 2.59. The quantitative estimate of drug-likeness (QED) is 0.733. The first-order chi connectivity index (χ1) is 10.3. The molecule has 1 heterocycles. The second-order valence-corrected chi connectivity index (χ2v) is 6.17. The van der Waals surface area contributed by atoms with Gasteiger partial charge in [0.1, 0.15) is 12.1 Å². The first-order valence-electron chi connectivity index (χ1n) is 8.28. The van der Waals surface area contributed by atoms with Gasteiger partial charge in [0.2, 0.25) is 0 Å². The van der Waals surface area contributed by atoms with Gasteiger partial charge in [0, 0.05) is 24.0 Å². The number of quaternary nitrogens is 1. The highest BCUT2D eigenvalue weighted by Crippen LogP contribution is 2.50. The Balaban J connectivity index is 0.00000176. The summed E-state index contributed by atoms with van der Waals surface area (Å²) in [6.45, 7) is 7.13. The van der Waals surface area contributed by atoms with Crippen molar-refractivity contribution in [3.8, 4) is 0 Å². The SMILES string of the molecule is CC[N+]1(CC)C(c2ccccc2)CCC1c1ccccc1.[Br-]. The van der Waals surface area contributed by atoms with Gasteiger partial charge in [-0.15, -0.1) is 0 Å². The highest BCUT2D eigenvalue weighted by molar-refractivity contribution is 5.22. The van der Waals surface area contributed by atoms with E-state index in [1.807, 2.05) is 0 Å². The smallest absolute Gasteiger partial charge is 0.115 e. The predicted octanol–water partition coefficient (Wildman–Crippen LogP) is 2.12. The minimum Gasteiger partial charge on any atom is -1.00 e. The molecule has 3 rings (SSSR count). The molecule has 1 saturated heterocycles. The molecule has 1 aliphatic rings. The van der Waals surface area contributed by atoms with Crippen molar-refractivity contribution in [1.29, 1.82) is 0 Å². The molecule has 0 spiro atoms. The van der Waals surface area contributed by atoms with Gasteiger partial charge in [0.15, 0.2) is 0 Å². The van der Waals surface area contributed by atoms with Gasteiger partial charge in [-0.2, -0.15) is 0 Å². The van der Waals surface area contributed by atoms with E-state index in [1.54, 1.807) is 0 Å². The largest absolute Gasteiger partial charge is 1.00 e. The Morgan fingerprint density at radius 1 is 0.727 bits per heavy atom. The first-order valence-corrected chi connectivity index (χ1v) is 8.28. The molecule has 22 heavy (non-hydrogen) atoms. The maximum absolute atomic E-state index is 2.36. The summed E-state index contributed by atoms with van der Waals surface area (Å²) in [6, 6.07) is 23.5. The van der Waals surface area contributed by atoms with E-state index in [9.17, 15) is 0 Å². The molecule has 0 aromatic heterocycles. The van der Waals surface area contributed by atoms with Crippen molar-refractivity contribution < 1.29 is 21.5 Å². The average Bonchev–Trinajstić information content (AvgIpc) is 2.96. The molecule has 1 fully saturated rings. The van der Waals surface area contributed by atoms with Gasteiger partial charge >= 0.3 is 0 Å². The summed E-state index contributed by atoms with van der Waals surface area (Å²) in [5.41, 5.74) is 3.03. The van der Waals surface area contributed by atoms with E-state index in [2.05, 4.69) is 74.5 Å². The first kappa shape index (κ1) is 17.2. The van der Waals surface area contributed by atoms with Crippen LogP contribution in [0, 0.1) is 0 Å². The maximum Gasteiger partial charge on any atom is 0.115 e. The summed E-state index contributed by atoms with van der Waals surface area (Å²) in [7, 11) is 0. The summed E-state index contributed by atoms with van der Waals surface area (Å²) in [5.74, 6) is 0. The molecular weight excluding hydrogens is 334 g/mol. The molecule has 0 bridgehead atoms. The maximum atomic E-state index is 2.36. The van der Waals surface area contributed by atoms with Gasteiger partial charge < -0.3 is 21.5 Å². The normalized spacial score (nSPS) is 23.0. The van der Waals surface area contributed by atoms with Crippen LogP contribution in [0.4, 0.5) is 0 Å². The average molecular weight is 360 g/mol. The molecule has 2 heteroatoms. The molecule has 0 radical (unpaired) electrons. The number of rotatable bonds is 4. The van der Waals surface area contributed by atoms with Gasteiger partial charge in [-0.1, -0.05) is 60.7 Å². The van der Waals surface area contributed by atoms with Crippen LogP contribution in [-0.4, -0.2) is 17.6 Å². The second kappa shape index (κ2) is 7.43. The molecule has 118 valence electrons. The van der Waals surface area contributed by atoms with Crippen LogP contribution in [0.25, 0.3) is 0 Å². The lowest BCUT2D eigenvalue weighted by atomic mass is 10.0. The van der Waals surface area contributed by atoms with E-state index in [0.29, 0.717) is 12.1 Å². The lowest BCUT2D eigenvalue weighted by Gasteiger charge is -2.44. The van der Waals surface area contributed by atoms with Crippen molar-refractivity contribution in [2.75, 3.05) is 13.1 Å². The summed E-state index contributed by atoms with van der Waals surface area (Å²) in [5, 5.41) is 0. The molecule has 2 unspecified atom stereocenters. The molecule has 0 saturated carbocycles. The van der Waals surface area contributed by atoms with Gasteiger partial charge in [-0.05, 0) is 13.8 Å². The fourth-order valence-electron chi connectivity index (χ4n) is 4.43. The Morgan fingerprint density at radius 3 is 1.41 bits per heavy atom. The molecule has 2 aromatic rings. The standard InChI is InChI=1S/C20H26N.BrH/c1-3-21(4-2)19(17-11-7-5-8-12-17)15-16-20(21)18-13-9-6-10-14-18;/h5-14,19-20H,3-4,15-16H2,1-2H3;1H/q+1;/p-1. The van der Waals surface area contributed by atoms with Crippen LogP contribution in [-0.2, 0) is 0 Å². The monoisotopic (exact) mass is 359 g/mol. The third-order valence-corrected chi connectivity index (χ3v) is 5.50. The minimum atomic E-state index is 0. The van der Waals surface area contributed by atoms with Crippen molar-refractivity contribution in [3.63, 3.8) is 0 Å². The summed E-state index contributed by atoms with van der Waals surface area (Å²) >= 11 is 0. The molecule has 0 aliphatic carbocycles. The molecule has 0 amide bonds. The number of likely N-dealkylation sites (tertiary alicyclic amines) is 1.